The topological polar surface area (TPSA) is 76.5 Å². The molecule has 1 saturated heterocycles. The van der Waals surface area contributed by atoms with Gasteiger partial charge in [-0.1, -0.05) is 5.16 Å². The van der Waals surface area contributed by atoms with Crippen LogP contribution < -0.4 is 0 Å². The molecule has 1 atom stereocenters. The molecule has 5 heterocycles. The first kappa shape index (κ1) is 21.4. The van der Waals surface area contributed by atoms with E-state index in [-0.39, 0.29) is 11.9 Å². The van der Waals surface area contributed by atoms with Gasteiger partial charge in [0.25, 0.3) is 5.91 Å². The van der Waals surface area contributed by atoms with Crippen LogP contribution in [0.3, 0.4) is 0 Å². The van der Waals surface area contributed by atoms with E-state index in [9.17, 15) is 4.79 Å². The van der Waals surface area contributed by atoms with Crippen molar-refractivity contribution in [2.45, 2.75) is 59.4 Å². The predicted octanol–water partition coefficient (Wildman–Crippen LogP) is 4.86. The third kappa shape index (κ3) is 4.03. The van der Waals surface area contributed by atoms with Gasteiger partial charge < -0.3 is 13.8 Å². The summed E-state index contributed by atoms with van der Waals surface area (Å²) in [7, 11) is 0. The van der Waals surface area contributed by atoms with Crippen molar-refractivity contribution >= 4 is 11.6 Å². The number of rotatable bonds is 4. The maximum atomic E-state index is 13.8. The van der Waals surface area contributed by atoms with Gasteiger partial charge in [-0.2, -0.15) is 0 Å². The van der Waals surface area contributed by atoms with Gasteiger partial charge in [-0.25, -0.2) is 9.97 Å². The first-order valence-corrected chi connectivity index (χ1v) is 11.6. The summed E-state index contributed by atoms with van der Waals surface area (Å²) in [4.78, 5) is 25.3. The van der Waals surface area contributed by atoms with E-state index in [1.165, 1.54) is 11.1 Å². The largest absolute Gasteiger partial charge is 0.356 e. The lowest BCUT2D eigenvalue weighted by molar-refractivity contribution is 0.0607. The third-order valence-corrected chi connectivity index (χ3v) is 6.66. The van der Waals surface area contributed by atoms with Crippen LogP contribution in [0.15, 0.2) is 41.2 Å². The number of piperidine rings is 1. The molecule has 0 aromatic carbocycles. The molecule has 7 heteroatoms. The third-order valence-electron chi connectivity index (χ3n) is 6.66. The molecule has 1 amide bonds. The van der Waals surface area contributed by atoms with E-state index in [1.54, 1.807) is 0 Å². The van der Waals surface area contributed by atoms with E-state index in [4.69, 9.17) is 9.51 Å². The predicted molar refractivity (Wildman–Crippen MR) is 126 cm³/mol. The smallest absolute Gasteiger partial charge is 0.273 e. The summed E-state index contributed by atoms with van der Waals surface area (Å²) >= 11 is 0. The second-order valence-corrected chi connectivity index (χ2v) is 9.12. The number of imidazole rings is 1. The number of pyridine rings is 2. The summed E-state index contributed by atoms with van der Waals surface area (Å²) in [6, 6.07) is 7.85. The highest BCUT2D eigenvalue weighted by Crippen LogP contribution is 2.28. The van der Waals surface area contributed by atoms with E-state index in [0.717, 1.165) is 55.0 Å². The zero-order valence-electron chi connectivity index (χ0n) is 19.6. The van der Waals surface area contributed by atoms with Gasteiger partial charge in [0.1, 0.15) is 11.3 Å². The standard InChI is InChI=1S/C26H29N5O2/c1-16-10-12-30-15-20(28-25(30)19(16)4)14-21-7-5-6-11-31(21)26(32)24-22(9-8-17(2)27-24)23-13-18(3)29-33-23/h8-10,12-13,15,21H,5-7,11,14H2,1-4H3. The number of carbonyl (C=O) groups excluding carboxylic acids is 1. The van der Waals surface area contributed by atoms with Crippen LogP contribution in [0.25, 0.3) is 17.0 Å². The summed E-state index contributed by atoms with van der Waals surface area (Å²) in [5.74, 6) is 0.520. The van der Waals surface area contributed by atoms with Crippen LogP contribution in [0.1, 0.15) is 58.0 Å². The van der Waals surface area contributed by atoms with Gasteiger partial charge in [0.2, 0.25) is 0 Å². The summed E-state index contributed by atoms with van der Waals surface area (Å²) < 4.78 is 7.55. The molecule has 0 spiro atoms. The summed E-state index contributed by atoms with van der Waals surface area (Å²) in [6.07, 6.45) is 7.94. The number of aryl methyl sites for hydroxylation is 4. The maximum Gasteiger partial charge on any atom is 0.273 e. The minimum Gasteiger partial charge on any atom is -0.356 e. The molecule has 4 aromatic rings. The highest BCUT2D eigenvalue weighted by atomic mass is 16.5. The quantitative estimate of drug-likeness (QED) is 0.450. The molecular formula is C26H29N5O2. The second-order valence-electron chi connectivity index (χ2n) is 9.12. The van der Waals surface area contributed by atoms with Gasteiger partial charge in [0.15, 0.2) is 5.76 Å². The Morgan fingerprint density at radius 3 is 2.73 bits per heavy atom. The van der Waals surface area contributed by atoms with Crippen molar-refractivity contribution in [1.82, 2.24) is 24.4 Å². The van der Waals surface area contributed by atoms with Gasteiger partial charge in [0, 0.05) is 43.2 Å². The molecule has 0 aliphatic carbocycles. The Labute approximate surface area is 193 Å². The van der Waals surface area contributed by atoms with Crippen molar-refractivity contribution in [2.75, 3.05) is 6.54 Å². The molecule has 1 aliphatic heterocycles. The lowest BCUT2D eigenvalue weighted by Crippen LogP contribution is -2.45. The zero-order chi connectivity index (χ0) is 23.1. The van der Waals surface area contributed by atoms with Gasteiger partial charge in [-0.15, -0.1) is 0 Å². The molecule has 0 N–H and O–H groups in total. The molecular weight excluding hydrogens is 414 g/mol. The summed E-state index contributed by atoms with van der Waals surface area (Å²) in [5.41, 5.74) is 7.12. The van der Waals surface area contributed by atoms with Gasteiger partial charge >= 0.3 is 0 Å². The normalized spacial score (nSPS) is 16.5. The number of amides is 1. The van der Waals surface area contributed by atoms with Crippen molar-refractivity contribution in [1.29, 1.82) is 0 Å². The number of likely N-dealkylation sites (tertiary alicyclic amines) is 1. The van der Waals surface area contributed by atoms with Crippen LogP contribution >= 0.6 is 0 Å². The molecule has 4 aromatic heterocycles. The maximum absolute atomic E-state index is 13.8. The first-order valence-electron chi connectivity index (χ1n) is 11.6. The molecule has 1 unspecified atom stereocenters. The molecule has 0 saturated carbocycles. The van der Waals surface area contributed by atoms with Crippen LogP contribution in [-0.4, -0.2) is 42.9 Å². The van der Waals surface area contributed by atoms with E-state index < -0.39 is 0 Å². The van der Waals surface area contributed by atoms with Gasteiger partial charge in [0.05, 0.1) is 17.0 Å². The van der Waals surface area contributed by atoms with Crippen molar-refractivity contribution in [3.05, 3.63) is 70.6 Å². The van der Waals surface area contributed by atoms with E-state index in [0.29, 0.717) is 17.0 Å². The Balaban J connectivity index is 1.47. The number of fused-ring (bicyclic) bond motifs is 1. The molecule has 0 radical (unpaired) electrons. The van der Waals surface area contributed by atoms with Crippen molar-refractivity contribution in [3.63, 3.8) is 0 Å². The molecule has 1 fully saturated rings. The highest BCUT2D eigenvalue weighted by Gasteiger charge is 2.31. The average Bonchev–Trinajstić information content (AvgIpc) is 3.42. The number of carbonyl (C=O) groups is 1. The van der Waals surface area contributed by atoms with E-state index >= 15 is 0 Å². The van der Waals surface area contributed by atoms with Crippen molar-refractivity contribution in [2.24, 2.45) is 0 Å². The van der Waals surface area contributed by atoms with Crippen LogP contribution in [0, 0.1) is 27.7 Å². The number of nitrogens with zero attached hydrogens (tertiary/aromatic N) is 5. The van der Waals surface area contributed by atoms with Crippen LogP contribution in [-0.2, 0) is 6.42 Å². The minimum atomic E-state index is -0.0526. The average molecular weight is 444 g/mol. The fraction of sp³-hybridized carbons (Fsp3) is 0.385. The van der Waals surface area contributed by atoms with Crippen molar-refractivity contribution in [3.8, 4) is 11.3 Å². The molecule has 0 bridgehead atoms. The van der Waals surface area contributed by atoms with E-state index in [1.807, 2.05) is 36.9 Å². The Morgan fingerprint density at radius 2 is 1.94 bits per heavy atom. The second kappa shape index (κ2) is 8.46. The lowest BCUT2D eigenvalue weighted by Gasteiger charge is -2.35. The Bertz CT molecular complexity index is 1340. The SMILES string of the molecule is Cc1cc(-c2ccc(C)nc2C(=O)N2CCCCC2Cc2cn3ccc(C)c(C)c3n2)on1. The van der Waals surface area contributed by atoms with Crippen LogP contribution in [0.2, 0.25) is 0 Å². The van der Waals surface area contributed by atoms with Crippen molar-refractivity contribution < 1.29 is 9.32 Å². The van der Waals surface area contributed by atoms with E-state index in [2.05, 4.69) is 46.8 Å². The highest BCUT2D eigenvalue weighted by molar-refractivity contribution is 5.98. The molecule has 5 rings (SSSR count). The minimum absolute atomic E-state index is 0.0526. The van der Waals surface area contributed by atoms with Crippen LogP contribution in [0.4, 0.5) is 0 Å². The molecule has 170 valence electrons. The first-order chi connectivity index (χ1) is 15.9. The lowest BCUT2D eigenvalue weighted by atomic mass is 9.97. The number of hydrogen-bond donors (Lipinski definition) is 0. The number of aromatic nitrogens is 4. The fourth-order valence-corrected chi connectivity index (χ4v) is 4.69. The van der Waals surface area contributed by atoms with Gasteiger partial charge in [-0.05, 0) is 76.3 Å². The summed E-state index contributed by atoms with van der Waals surface area (Å²) in [5, 5.41) is 3.99. The summed E-state index contributed by atoms with van der Waals surface area (Å²) in [6.45, 7) is 8.71. The fourth-order valence-electron chi connectivity index (χ4n) is 4.69. The van der Waals surface area contributed by atoms with Crippen LogP contribution in [0.5, 0.6) is 0 Å². The Hall–Kier alpha value is -3.48. The number of hydrogen-bond acceptors (Lipinski definition) is 5. The molecule has 33 heavy (non-hydrogen) atoms. The van der Waals surface area contributed by atoms with Gasteiger partial charge in [-0.3, -0.25) is 4.79 Å². The molecule has 1 aliphatic rings. The Morgan fingerprint density at radius 1 is 1.09 bits per heavy atom. The monoisotopic (exact) mass is 443 g/mol. The Kier molecular flexibility index (Phi) is 5.48. The zero-order valence-corrected chi connectivity index (χ0v) is 19.6. The molecule has 7 nitrogen and oxygen atoms in total.